The van der Waals surface area contributed by atoms with Crippen LogP contribution in [-0.2, 0) is 14.8 Å². The molecule has 0 amide bonds. The van der Waals surface area contributed by atoms with E-state index in [1.54, 1.807) is 30.3 Å². The van der Waals surface area contributed by atoms with Crippen LogP contribution in [0.4, 0.5) is 0 Å². The number of ether oxygens (including phenoxy) is 1. The Morgan fingerprint density at radius 3 is 2.76 bits per heavy atom. The first kappa shape index (κ1) is 14.6. The SMILES string of the molecule is Cc1nc(C2COCCN2S(=O)(=O)c2ccccc2)cs1. The van der Waals surface area contributed by atoms with E-state index in [-0.39, 0.29) is 6.04 Å². The van der Waals surface area contributed by atoms with E-state index in [1.165, 1.54) is 15.6 Å². The minimum atomic E-state index is -3.53. The molecule has 0 radical (unpaired) electrons. The van der Waals surface area contributed by atoms with Gasteiger partial charge in [-0.1, -0.05) is 18.2 Å². The molecule has 0 bridgehead atoms. The van der Waals surface area contributed by atoms with E-state index in [0.29, 0.717) is 24.7 Å². The highest BCUT2D eigenvalue weighted by molar-refractivity contribution is 7.89. The number of benzene rings is 1. The topological polar surface area (TPSA) is 59.5 Å². The van der Waals surface area contributed by atoms with Crippen LogP contribution in [0.2, 0.25) is 0 Å². The van der Waals surface area contributed by atoms with Crippen LogP contribution in [0, 0.1) is 6.92 Å². The van der Waals surface area contributed by atoms with Gasteiger partial charge in [0, 0.05) is 11.9 Å². The Bertz CT molecular complexity index is 713. The summed E-state index contributed by atoms with van der Waals surface area (Å²) >= 11 is 1.52. The fourth-order valence-electron chi connectivity index (χ4n) is 2.37. The van der Waals surface area contributed by atoms with Crippen molar-refractivity contribution in [2.75, 3.05) is 19.8 Å². The number of thiazole rings is 1. The summed E-state index contributed by atoms with van der Waals surface area (Å²) in [6, 6.07) is 8.15. The second-order valence-corrected chi connectivity index (χ2v) is 7.76. The summed E-state index contributed by atoms with van der Waals surface area (Å²) in [6.07, 6.45) is 0. The summed E-state index contributed by atoms with van der Waals surface area (Å²) in [4.78, 5) is 4.73. The highest BCUT2D eigenvalue weighted by atomic mass is 32.2. The molecule has 1 aliphatic rings. The molecule has 1 aromatic heterocycles. The first-order valence-electron chi connectivity index (χ1n) is 6.66. The van der Waals surface area contributed by atoms with Gasteiger partial charge in [-0.2, -0.15) is 4.31 Å². The Balaban J connectivity index is 1.98. The standard InChI is InChI=1S/C14H16N2O3S2/c1-11-15-13(10-20-11)14-9-19-8-7-16(14)21(17,18)12-5-3-2-4-6-12/h2-6,10,14H,7-9H2,1H3. The zero-order valence-electron chi connectivity index (χ0n) is 11.6. The highest BCUT2D eigenvalue weighted by Gasteiger charge is 2.36. The average molecular weight is 324 g/mol. The first-order chi connectivity index (χ1) is 10.1. The molecule has 1 unspecified atom stereocenters. The largest absolute Gasteiger partial charge is 0.378 e. The van der Waals surface area contributed by atoms with Gasteiger partial charge < -0.3 is 4.74 Å². The summed E-state index contributed by atoms with van der Waals surface area (Å²) < 4.78 is 32.6. The Labute approximate surface area is 128 Å². The molecule has 1 aromatic carbocycles. The number of rotatable bonds is 3. The molecule has 112 valence electrons. The van der Waals surface area contributed by atoms with E-state index in [0.717, 1.165) is 10.7 Å². The van der Waals surface area contributed by atoms with E-state index >= 15 is 0 Å². The minimum absolute atomic E-state index is 0.309. The van der Waals surface area contributed by atoms with E-state index in [4.69, 9.17) is 4.74 Å². The van der Waals surface area contributed by atoms with Gasteiger partial charge in [0.25, 0.3) is 0 Å². The van der Waals surface area contributed by atoms with Crippen LogP contribution in [0.25, 0.3) is 0 Å². The molecule has 0 N–H and O–H groups in total. The van der Waals surface area contributed by atoms with E-state index in [9.17, 15) is 8.42 Å². The lowest BCUT2D eigenvalue weighted by Crippen LogP contribution is -2.43. The van der Waals surface area contributed by atoms with Gasteiger partial charge in [0.1, 0.15) is 0 Å². The summed E-state index contributed by atoms with van der Waals surface area (Å²) in [5, 5.41) is 2.83. The van der Waals surface area contributed by atoms with Gasteiger partial charge in [0.05, 0.1) is 34.9 Å². The number of aromatic nitrogens is 1. The molecule has 21 heavy (non-hydrogen) atoms. The van der Waals surface area contributed by atoms with Crippen molar-refractivity contribution in [3.8, 4) is 0 Å². The Hall–Kier alpha value is -1.28. The van der Waals surface area contributed by atoms with Crippen molar-refractivity contribution >= 4 is 21.4 Å². The van der Waals surface area contributed by atoms with Crippen LogP contribution in [0.3, 0.4) is 0 Å². The molecule has 1 fully saturated rings. The Morgan fingerprint density at radius 2 is 2.10 bits per heavy atom. The normalized spacial score (nSPS) is 20.5. The van der Waals surface area contributed by atoms with Crippen molar-refractivity contribution in [3.63, 3.8) is 0 Å². The van der Waals surface area contributed by atoms with Crippen LogP contribution in [-0.4, -0.2) is 37.5 Å². The molecule has 5 nitrogen and oxygen atoms in total. The van der Waals surface area contributed by atoms with Gasteiger partial charge in [0.15, 0.2) is 0 Å². The lowest BCUT2D eigenvalue weighted by Gasteiger charge is -2.33. The smallest absolute Gasteiger partial charge is 0.243 e. The summed E-state index contributed by atoms with van der Waals surface area (Å²) in [7, 11) is -3.53. The summed E-state index contributed by atoms with van der Waals surface area (Å²) in [5.41, 5.74) is 0.761. The van der Waals surface area contributed by atoms with Crippen molar-refractivity contribution in [2.24, 2.45) is 0 Å². The van der Waals surface area contributed by atoms with Gasteiger partial charge >= 0.3 is 0 Å². The van der Waals surface area contributed by atoms with Crippen molar-refractivity contribution in [2.45, 2.75) is 17.9 Å². The van der Waals surface area contributed by atoms with Crippen LogP contribution < -0.4 is 0 Å². The monoisotopic (exact) mass is 324 g/mol. The lowest BCUT2D eigenvalue weighted by atomic mass is 10.2. The van der Waals surface area contributed by atoms with E-state index in [1.807, 2.05) is 12.3 Å². The third kappa shape index (κ3) is 2.87. The molecule has 7 heteroatoms. The zero-order chi connectivity index (χ0) is 14.9. The molecule has 1 saturated heterocycles. The van der Waals surface area contributed by atoms with E-state index in [2.05, 4.69) is 4.98 Å². The number of hydrogen-bond donors (Lipinski definition) is 0. The average Bonchev–Trinajstić information content (AvgIpc) is 2.95. The maximum atomic E-state index is 12.8. The van der Waals surface area contributed by atoms with Gasteiger partial charge in [-0.3, -0.25) is 0 Å². The van der Waals surface area contributed by atoms with Gasteiger partial charge in [0.2, 0.25) is 10.0 Å². The molecule has 0 aliphatic carbocycles. The zero-order valence-corrected chi connectivity index (χ0v) is 13.2. The molecule has 1 aliphatic heterocycles. The summed E-state index contributed by atoms with van der Waals surface area (Å²) in [5.74, 6) is 0. The maximum Gasteiger partial charge on any atom is 0.243 e. The second-order valence-electron chi connectivity index (χ2n) is 4.81. The Morgan fingerprint density at radius 1 is 1.33 bits per heavy atom. The quantitative estimate of drug-likeness (QED) is 0.868. The Kier molecular flexibility index (Phi) is 4.08. The maximum absolute atomic E-state index is 12.8. The summed E-state index contributed by atoms with van der Waals surface area (Å²) in [6.45, 7) is 3.01. The molecule has 2 heterocycles. The van der Waals surface area contributed by atoms with Crippen molar-refractivity contribution in [1.82, 2.24) is 9.29 Å². The predicted octanol–water partition coefficient (Wildman–Crippen LogP) is 2.21. The van der Waals surface area contributed by atoms with Gasteiger partial charge in [-0.15, -0.1) is 11.3 Å². The molecule has 0 saturated carbocycles. The highest BCUT2D eigenvalue weighted by Crippen LogP contribution is 2.30. The van der Waals surface area contributed by atoms with Crippen LogP contribution >= 0.6 is 11.3 Å². The number of sulfonamides is 1. The lowest BCUT2D eigenvalue weighted by molar-refractivity contribution is 0.0308. The molecular weight excluding hydrogens is 308 g/mol. The second kappa shape index (κ2) is 5.84. The van der Waals surface area contributed by atoms with Crippen molar-refractivity contribution in [3.05, 3.63) is 46.4 Å². The van der Waals surface area contributed by atoms with Crippen molar-refractivity contribution in [1.29, 1.82) is 0 Å². The molecule has 0 spiro atoms. The molecule has 2 aromatic rings. The number of hydrogen-bond acceptors (Lipinski definition) is 5. The number of aryl methyl sites for hydroxylation is 1. The third-order valence-electron chi connectivity index (χ3n) is 3.41. The van der Waals surface area contributed by atoms with Crippen molar-refractivity contribution < 1.29 is 13.2 Å². The molecule has 1 atom stereocenters. The van der Waals surface area contributed by atoms with Crippen LogP contribution in [0.15, 0.2) is 40.6 Å². The van der Waals surface area contributed by atoms with Crippen LogP contribution in [0.1, 0.15) is 16.7 Å². The molecular formula is C14H16N2O3S2. The third-order valence-corrected chi connectivity index (χ3v) is 6.12. The fraction of sp³-hybridized carbons (Fsp3) is 0.357. The van der Waals surface area contributed by atoms with Gasteiger partial charge in [-0.05, 0) is 19.1 Å². The van der Waals surface area contributed by atoms with E-state index < -0.39 is 10.0 Å². The fourth-order valence-corrected chi connectivity index (χ4v) is 4.62. The number of nitrogens with zero attached hydrogens (tertiary/aromatic N) is 2. The van der Waals surface area contributed by atoms with Crippen LogP contribution in [0.5, 0.6) is 0 Å². The first-order valence-corrected chi connectivity index (χ1v) is 8.97. The predicted molar refractivity (Wildman–Crippen MR) is 80.7 cm³/mol. The molecule has 3 rings (SSSR count). The minimum Gasteiger partial charge on any atom is -0.378 e. The van der Waals surface area contributed by atoms with Gasteiger partial charge in [-0.25, -0.2) is 13.4 Å². The number of morpholine rings is 1.